The highest BCUT2D eigenvalue weighted by Gasteiger charge is 2.23. The maximum absolute atomic E-state index is 12.5. The molecule has 0 unspecified atom stereocenters. The van der Waals surface area contributed by atoms with Gasteiger partial charge in [0.05, 0.1) is 5.69 Å². The summed E-state index contributed by atoms with van der Waals surface area (Å²) < 4.78 is 1.44. The van der Waals surface area contributed by atoms with Gasteiger partial charge in [-0.2, -0.15) is 0 Å². The third kappa shape index (κ3) is 3.45. The number of carbonyl (C=O) groups excluding carboxylic acids is 1. The van der Waals surface area contributed by atoms with Gasteiger partial charge in [-0.15, -0.1) is 0 Å². The number of anilines is 2. The largest absolute Gasteiger partial charge is 0.506 e. The molecule has 0 aliphatic carbocycles. The number of piperazine rings is 1. The van der Waals surface area contributed by atoms with Crippen molar-refractivity contribution in [1.29, 1.82) is 0 Å². The molecule has 0 spiro atoms. The summed E-state index contributed by atoms with van der Waals surface area (Å²) in [6.07, 6.45) is 1.68. The smallest absolute Gasteiger partial charge is 0.322 e. The summed E-state index contributed by atoms with van der Waals surface area (Å²) >= 11 is 0. The van der Waals surface area contributed by atoms with E-state index < -0.39 is 0 Å². The first-order chi connectivity index (χ1) is 12.0. The average molecular weight is 342 g/mol. The van der Waals surface area contributed by atoms with E-state index in [2.05, 4.69) is 5.32 Å². The summed E-state index contributed by atoms with van der Waals surface area (Å²) in [5, 5.41) is 12.7. The van der Waals surface area contributed by atoms with Crippen molar-refractivity contribution in [2.45, 2.75) is 6.92 Å². The van der Waals surface area contributed by atoms with Gasteiger partial charge in [0.2, 0.25) is 0 Å². The molecule has 7 nitrogen and oxygen atoms in total. The lowest BCUT2D eigenvalue weighted by molar-refractivity contribution is 0.208. The second-order valence-electron chi connectivity index (χ2n) is 6.18. The van der Waals surface area contributed by atoms with Crippen LogP contribution in [0.5, 0.6) is 5.75 Å². The Morgan fingerprint density at radius 1 is 1.12 bits per heavy atom. The zero-order valence-corrected chi connectivity index (χ0v) is 14.4. The molecule has 1 aromatic heterocycles. The molecule has 2 heterocycles. The van der Waals surface area contributed by atoms with Crippen LogP contribution < -0.4 is 15.8 Å². The Morgan fingerprint density at radius 2 is 1.80 bits per heavy atom. The van der Waals surface area contributed by atoms with Gasteiger partial charge in [0, 0.05) is 39.4 Å². The van der Waals surface area contributed by atoms with Crippen molar-refractivity contribution in [2.24, 2.45) is 7.05 Å². The van der Waals surface area contributed by atoms with Crippen molar-refractivity contribution in [2.75, 3.05) is 36.4 Å². The summed E-state index contributed by atoms with van der Waals surface area (Å²) in [7, 11) is 1.66. The number of nitrogens with one attached hydrogen (secondary N) is 1. The second kappa shape index (κ2) is 6.88. The number of rotatable bonds is 2. The Hall–Kier alpha value is -2.96. The van der Waals surface area contributed by atoms with Crippen molar-refractivity contribution in [3.63, 3.8) is 0 Å². The fourth-order valence-corrected chi connectivity index (χ4v) is 2.94. The molecule has 2 N–H and O–H groups in total. The van der Waals surface area contributed by atoms with Gasteiger partial charge in [-0.25, -0.2) is 4.79 Å². The third-order valence-corrected chi connectivity index (χ3v) is 4.50. The molecular weight excluding hydrogens is 320 g/mol. The second-order valence-corrected chi connectivity index (χ2v) is 6.18. The van der Waals surface area contributed by atoms with Crippen LogP contribution in [0, 0.1) is 6.92 Å². The molecule has 0 radical (unpaired) electrons. The van der Waals surface area contributed by atoms with Crippen LogP contribution in [0.4, 0.5) is 16.2 Å². The Balaban J connectivity index is 1.66. The van der Waals surface area contributed by atoms with Gasteiger partial charge in [-0.05, 0) is 30.7 Å². The lowest BCUT2D eigenvalue weighted by Crippen LogP contribution is -2.50. The molecule has 3 rings (SSSR count). The number of pyridine rings is 1. The number of aryl methyl sites for hydroxylation is 2. The molecule has 1 saturated heterocycles. The zero-order valence-electron chi connectivity index (χ0n) is 14.4. The number of amides is 2. The predicted molar refractivity (Wildman–Crippen MR) is 97.3 cm³/mol. The van der Waals surface area contributed by atoms with Gasteiger partial charge in [-0.1, -0.05) is 12.1 Å². The summed E-state index contributed by atoms with van der Waals surface area (Å²) in [4.78, 5) is 28.4. The number of hydrogen-bond donors (Lipinski definition) is 2. The average Bonchev–Trinajstić information content (AvgIpc) is 2.62. The minimum atomic E-state index is -0.275. The van der Waals surface area contributed by atoms with Gasteiger partial charge in [0.1, 0.15) is 11.4 Å². The third-order valence-electron chi connectivity index (χ3n) is 4.50. The highest BCUT2D eigenvalue weighted by atomic mass is 16.3. The highest BCUT2D eigenvalue weighted by Crippen LogP contribution is 2.27. The van der Waals surface area contributed by atoms with Crippen LogP contribution >= 0.6 is 0 Å². The number of aromatic hydroxyl groups is 1. The summed E-state index contributed by atoms with van der Waals surface area (Å²) in [5.74, 6) is 0.240. The monoisotopic (exact) mass is 342 g/mol. The quantitative estimate of drug-likeness (QED) is 0.872. The molecule has 1 aromatic carbocycles. The number of nitrogens with zero attached hydrogens (tertiary/aromatic N) is 3. The van der Waals surface area contributed by atoms with E-state index in [4.69, 9.17) is 0 Å². The zero-order chi connectivity index (χ0) is 18.0. The number of urea groups is 1. The lowest BCUT2D eigenvalue weighted by Gasteiger charge is -2.36. The van der Waals surface area contributed by atoms with Crippen molar-refractivity contribution in [3.8, 4) is 5.75 Å². The number of aromatic nitrogens is 1. The summed E-state index contributed by atoms with van der Waals surface area (Å²) in [6.45, 7) is 4.08. The van der Waals surface area contributed by atoms with Crippen LogP contribution in [0.2, 0.25) is 0 Å². The Labute approximate surface area is 146 Å². The molecule has 2 amide bonds. The van der Waals surface area contributed by atoms with Crippen molar-refractivity contribution in [1.82, 2.24) is 9.47 Å². The van der Waals surface area contributed by atoms with E-state index in [-0.39, 0.29) is 17.3 Å². The first kappa shape index (κ1) is 16.9. The first-order valence-electron chi connectivity index (χ1n) is 8.22. The van der Waals surface area contributed by atoms with E-state index in [0.29, 0.717) is 31.9 Å². The number of phenolic OH excluding ortho intramolecular Hbond substituents is 1. The molecule has 1 aliphatic heterocycles. The van der Waals surface area contributed by atoms with Gasteiger partial charge in [0.15, 0.2) is 0 Å². The minimum absolute atomic E-state index is 0.221. The Morgan fingerprint density at radius 3 is 2.48 bits per heavy atom. The van der Waals surface area contributed by atoms with E-state index in [1.54, 1.807) is 43.3 Å². The number of hydrogen-bond acceptors (Lipinski definition) is 4. The fourth-order valence-electron chi connectivity index (χ4n) is 2.94. The maximum Gasteiger partial charge on any atom is 0.322 e. The van der Waals surface area contributed by atoms with Crippen molar-refractivity contribution in [3.05, 3.63) is 52.4 Å². The molecule has 0 bridgehead atoms. The fraction of sp³-hybridized carbons (Fsp3) is 0.333. The van der Waals surface area contributed by atoms with Crippen LogP contribution in [0.1, 0.15) is 5.56 Å². The molecule has 25 heavy (non-hydrogen) atoms. The number of benzene rings is 1. The number of carbonyl (C=O) groups is 1. The van der Waals surface area contributed by atoms with Crippen molar-refractivity contribution >= 4 is 17.4 Å². The molecule has 132 valence electrons. The van der Waals surface area contributed by atoms with Gasteiger partial charge >= 0.3 is 6.03 Å². The van der Waals surface area contributed by atoms with E-state index >= 15 is 0 Å². The first-order valence-corrected chi connectivity index (χ1v) is 8.22. The van der Waals surface area contributed by atoms with Crippen LogP contribution in [-0.2, 0) is 7.05 Å². The highest BCUT2D eigenvalue weighted by molar-refractivity contribution is 5.90. The SMILES string of the molecule is Cc1ccn(C)c(=O)c1NC(=O)N1CCN(c2ccccc2O)CC1. The molecule has 1 fully saturated rings. The molecule has 2 aromatic rings. The molecule has 7 heteroatoms. The van der Waals surface area contributed by atoms with Crippen LogP contribution in [-0.4, -0.2) is 46.8 Å². The van der Waals surface area contributed by atoms with Gasteiger partial charge < -0.3 is 24.8 Å². The summed E-state index contributed by atoms with van der Waals surface area (Å²) in [5.41, 5.74) is 1.61. The van der Waals surface area contributed by atoms with Crippen LogP contribution in [0.15, 0.2) is 41.3 Å². The minimum Gasteiger partial charge on any atom is -0.506 e. The molecule has 1 aliphatic rings. The van der Waals surface area contributed by atoms with E-state index in [9.17, 15) is 14.7 Å². The number of para-hydroxylation sites is 2. The lowest BCUT2D eigenvalue weighted by atomic mass is 10.2. The summed E-state index contributed by atoms with van der Waals surface area (Å²) in [6, 6.07) is 8.70. The Kier molecular flexibility index (Phi) is 4.65. The standard InChI is InChI=1S/C18H22N4O3/c1-13-7-8-20(2)17(24)16(13)19-18(25)22-11-9-21(10-12-22)14-5-3-4-6-15(14)23/h3-8,23H,9-12H2,1-2H3,(H,19,25). The van der Waals surface area contributed by atoms with Gasteiger partial charge in [0.25, 0.3) is 5.56 Å². The van der Waals surface area contributed by atoms with E-state index in [1.807, 2.05) is 17.0 Å². The normalized spacial score (nSPS) is 14.5. The van der Waals surface area contributed by atoms with E-state index in [0.717, 1.165) is 11.3 Å². The maximum atomic E-state index is 12.5. The van der Waals surface area contributed by atoms with E-state index in [1.165, 1.54) is 4.57 Å². The molecule has 0 saturated carbocycles. The topological polar surface area (TPSA) is 77.8 Å². The predicted octanol–water partition coefficient (Wildman–Crippen LogP) is 1.75. The van der Waals surface area contributed by atoms with Crippen LogP contribution in [0.3, 0.4) is 0 Å². The molecular formula is C18H22N4O3. The number of phenols is 1. The molecule has 0 atom stereocenters. The van der Waals surface area contributed by atoms with Crippen LogP contribution in [0.25, 0.3) is 0 Å². The van der Waals surface area contributed by atoms with Gasteiger partial charge in [-0.3, -0.25) is 4.79 Å². The Bertz CT molecular complexity index is 838. The van der Waals surface area contributed by atoms with Crippen molar-refractivity contribution < 1.29 is 9.90 Å².